The lowest BCUT2D eigenvalue weighted by atomic mass is 9.87. The van der Waals surface area contributed by atoms with Crippen LogP contribution in [-0.4, -0.2) is 55.5 Å². The lowest BCUT2D eigenvalue weighted by Gasteiger charge is -2.38. The second-order valence-corrected chi connectivity index (χ2v) is 8.89. The number of amides is 1. The summed E-state index contributed by atoms with van der Waals surface area (Å²) < 4.78 is 18.6. The van der Waals surface area contributed by atoms with E-state index in [1.54, 1.807) is 7.11 Å². The van der Waals surface area contributed by atoms with Crippen molar-refractivity contribution < 1.29 is 13.9 Å². The predicted molar refractivity (Wildman–Crippen MR) is 121 cm³/mol. The van der Waals surface area contributed by atoms with Crippen molar-refractivity contribution in [3.8, 4) is 5.75 Å². The van der Waals surface area contributed by atoms with Crippen LogP contribution in [0.4, 0.5) is 10.1 Å². The molecule has 2 saturated heterocycles. The van der Waals surface area contributed by atoms with E-state index >= 15 is 0 Å². The molecule has 4 rings (SSSR count). The summed E-state index contributed by atoms with van der Waals surface area (Å²) in [4.78, 5) is 17.8. The zero-order valence-electron chi connectivity index (χ0n) is 18.4. The first-order valence-electron chi connectivity index (χ1n) is 11.1. The fraction of sp³-hybridized carbons (Fsp3) is 0.480. The highest BCUT2D eigenvalue weighted by Gasteiger charge is 2.39. The number of ether oxygens (including phenoxy) is 1. The summed E-state index contributed by atoms with van der Waals surface area (Å²) in [5, 5.41) is 3.06. The smallest absolute Gasteiger partial charge is 0.228 e. The van der Waals surface area contributed by atoms with Gasteiger partial charge in [0, 0.05) is 25.7 Å². The lowest BCUT2D eigenvalue weighted by molar-refractivity contribution is -0.119. The average molecular weight is 426 g/mol. The summed E-state index contributed by atoms with van der Waals surface area (Å²) in [6.45, 7) is 3.72. The van der Waals surface area contributed by atoms with Crippen molar-refractivity contribution in [3.05, 3.63) is 59.9 Å². The molecular formula is C25H32FN3O2. The fourth-order valence-corrected chi connectivity index (χ4v) is 5.15. The van der Waals surface area contributed by atoms with Gasteiger partial charge in [0.25, 0.3) is 0 Å². The van der Waals surface area contributed by atoms with Gasteiger partial charge in [-0.1, -0.05) is 24.3 Å². The van der Waals surface area contributed by atoms with Crippen LogP contribution in [0.5, 0.6) is 5.75 Å². The number of halogens is 1. The summed E-state index contributed by atoms with van der Waals surface area (Å²) in [5.74, 6) is 1.08. The SMILES string of the molecule is COc1ccccc1NC(=O)[C@@H]1C[C@H]([C@H]2CCCN(Cc3ccc(F)cc3)C2)N(C)C1. The molecule has 2 aromatic carbocycles. The van der Waals surface area contributed by atoms with Gasteiger partial charge in [0.2, 0.25) is 5.91 Å². The number of hydrogen-bond donors (Lipinski definition) is 1. The number of anilines is 1. The van der Waals surface area contributed by atoms with Gasteiger partial charge < -0.3 is 15.0 Å². The molecule has 0 aromatic heterocycles. The molecule has 5 nitrogen and oxygen atoms in total. The van der Waals surface area contributed by atoms with Crippen LogP contribution in [0.15, 0.2) is 48.5 Å². The summed E-state index contributed by atoms with van der Waals surface area (Å²) in [6, 6.07) is 14.8. The zero-order chi connectivity index (χ0) is 21.8. The van der Waals surface area contributed by atoms with Crippen molar-refractivity contribution in [1.29, 1.82) is 0 Å². The van der Waals surface area contributed by atoms with E-state index < -0.39 is 0 Å². The highest BCUT2D eigenvalue weighted by atomic mass is 19.1. The molecule has 2 heterocycles. The van der Waals surface area contributed by atoms with Gasteiger partial charge in [-0.15, -0.1) is 0 Å². The number of carbonyl (C=O) groups is 1. The van der Waals surface area contributed by atoms with Crippen molar-refractivity contribution >= 4 is 11.6 Å². The molecule has 3 atom stereocenters. The van der Waals surface area contributed by atoms with E-state index in [-0.39, 0.29) is 17.6 Å². The standard InChI is InChI=1S/C25H32FN3O2/c1-28-16-20(25(30)27-22-7-3-4-8-24(22)31-2)14-23(28)19-6-5-13-29(17-19)15-18-9-11-21(26)12-10-18/h3-4,7-12,19-20,23H,5-6,13-17H2,1-2H3,(H,27,30)/t19-,20+,23+/m0/s1. The number of benzene rings is 2. The van der Waals surface area contributed by atoms with Crippen LogP contribution in [0.25, 0.3) is 0 Å². The van der Waals surface area contributed by atoms with Gasteiger partial charge in [0.15, 0.2) is 0 Å². The molecule has 0 radical (unpaired) electrons. The Hall–Kier alpha value is -2.44. The molecule has 2 fully saturated rings. The summed E-state index contributed by atoms with van der Waals surface area (Å²) >= 11 is 0. The number of para-hydroxylation sites is 2. The summed E-state index contributed by atoms with van der Waals surface area (Å²) in [6.07, 6.45) is 3.23. The Morgan fingerprint density at radius 2 is 1.94 bits per heavy atom. The minimum absolute atomic E-state index is 0.0209. The van der Waals surface area contributed by atoms with Gasteiger partial charge in [-0.2, -0.15) is 0 Å². The van der Waals surface area contributed by atoms with E-state index in [2.05, 4.69) is 22.2 Å². The number of carbonyl (C=O) groups excluding carboxylic acids is 1. The number of likely N-dealkylation sites (tertiary alicyclic amines) is 2. The van der Waals surface area contributed by atoms with E-state index in [0.717, 1.165) is 50.3 Å². The number of rotatable bonds is 6. The summed E-state index contributed by atoms with van der Waals surface area (Å²) in [5.41, 5.74) is 1.88. The molecule has 2 aliphatic rings. The second kappa shape index (κ2) is 9.79. The van der Waals surface area contributed by atoms with Crippen molar-refractivity contribution in [1.82, 2.24) is 9.80 Å². The average Bonchev–Trinajstić information content (AvgIpc) is 3.18. The lowest BCUT2D eigenvalue weighted by Crippen LogP contribution is -2.43. The predicted octanol–water partition coefficient (Wildman–Crippen LogP) is 4.01. The molecule has 31 heavy (non-hydrogen) atoms. The highest BCUT2D eigenvalue weighted by molar-refractivity contribution is 5.94. The maximum absolute atomic E-state index is 13.2. The van der Waals surface area contributed by atoms with Gasteiger partial charge in [-0.3, -0.25) is 9.69 Å². The Morgan fingerprint density at radius 1 is 1.16 bits per heavy atom. The van der Waals surface area contributed by atoms with Crippen LogP contribution >= 0.6 is 0 Å². The normalized spacial score (nSPS) is 24.8. The van der Waals surface area contributed by atoms with Crippen molar-refractivity contribution in [2.75, 3.05) is 39.1 Å². The number of nitrogens with one attached hydrogen (secondary N) is 1. The van der Waals surface area contributed by atoms with Crippen LogP contribution in [0.1, 0.15) is 24.8 Å². The zero-order valence-corrected chi connectivity index (χ0v) is 18.4. The van der Waals surface area contributed by atoms with E-state index in [1.807, 2.05) is 36.4 Å². The molecule has 6 heteroatoms. The molecule has 166 valence electrons. The van der Waals surface area contributed by atoms with Gasteiger partial charge in [0.05, 0.1) is 18.7 Å². The van der Waals surface area contributed by atoms with Gasteiger partial charge in [-0.25, -0.2) is 4.39 Å². The Kier molecular flexibility index (Phi) is 6.88. The van der Waals surface area contributed by atoms with Gasteiger partial charge in [0.1, 0.15) is 11.6 Å². The largest absolute Gasteiger partial charge is 0.495 e. The molecule has 1 amide bonds. The molecule has 0 aliphatic carbocycles. The third-order valence-corrected chi connectivity index (χ3v) is 6.74. The number of hydrogen-bond acceptors (Lipinski definition) is 4. The van der Waals surface area contributed by atoms with Crippen molar-refractivity contribution in [2.24, 2.45) is 11.8 Å². The van der Waals surface area contributed by atoms with E-state index in [4.69, 9.17) is 4.74 Å². The Labute approximate surface area is 184 Å². The van der Waals surface area contributed by atoms with Gasteiger partial charge >= 0.3 is 0 Å². The Balaban J connectivity index is 1.35. The van der Waals surface area contributed by atoms with Crippen LogP contribution in [-0.2, 0) is 11.3 Å². The van der Waals surface area contributed by atoms with Gasteiger partial charge in [-0.05, 0) is 68.6 Å². The first kappa shape index (κ1) is 21.8. The molecule has 2 aliphatic heterocycles. The van der Waals surface area contributed by atoms with Crippen molar-refractivity contribution in [2.45, 2.75) is 31.8 Å². The van der Waals surface area contributed by atoms with E-state index in [0.29, 0.717) is 17.7 Å². The third kappa shape index (κ3) is 5.25. The molecule has 0 unspecified atom stereocenters. The minimum Gasteiger partial charge on any atom is -0.495 e. The number of piperidine rings is 1. The maximum Gasteiger partial charge on any atom is 0.228 e. The topological polar surface area (TPSA) is 44.8 Å². The summed E-state index contributed by atoms with van der Waals surface area (Å²) in [7, 11) is 3.76. The number of nitrogens with zero attached hydrogens (tertiary/aromatic N) is 2. The first-order chi connectivity index (χ1) is 15.0. The highest BCUT2D eigenvalue weighted by Crippen LogP contribution is 2.34. The molecular weight excluding hydrogens is 393 g/mol. The van der Waals surface area contributed by atoms with Crippen LogP contribution in [0, 0.1) is 17.7 Å². The molecule has 0 spiro atoms. The van der Waals surface area contributed by atoms with E-state index in [9.17, 15) is 9.18 Å². The fourth-order valence-electron chi connectivity index (χ4n) is 5.15. The monoisotopic (exact) mass is 425 g/mol. The Morgan fingerprint density at radius 3 is 2.71 bits per heavy atom. The second-order valence-electron chi connectivity index (χ2n) is 8.89. The quantitative estimate of drug-likeness (QED) is 0.760. The van der Waals surface area contributed by atoms with Crippen molar-refractivity contribution in [3.63, 3.8) is 0 Å². The molecule has 0 saturated carbocycles. The first-order valence-corrected chi connectivity index (χ1v) is 11.1. The van der Waals surface area contributed by atoms with Crippen LogP contribution in [0.3, 0.4) is 0 Å². The molecule has 0 bridgehead atoms. The number of methoxy groups -OCH3 is 1. The van der Waals surface area contributed by atoms with Crippen LogP contribution in [0.2, 0.25) is 0 Å². The maximum atomic E-state index is 13.2. The molecule has 1 N–H and O–H groups in total. The van der Waals surface area contributed by atoms with E-state index in [1.165, 1.54) is 18.6 Å². The molecule has 2 aromatic rings. The third-order valence-electron chi connectivity index (χ3n) is 6.74. The van der Waals surface area contributed by atoms with Crippen LogP contribution < -0.4 is 10.1 Å². The minimum atomic E-state index is -0.190. The Bertz CT molecular complexity index is 889.